The van der Waals surface area contributed by atoms with Crippen molar-refractivity contribution in [2.75, 3.05) is 5.33 Å². The highest BCUT2D eigenvalue weighted by molar-refractivity contribution is 9.09. The first-order chi connectivity index (χ1) is 6.33. The van der Waals surface area contributed by atoms with Crippen LogP contribution in [0.3, 0.4) is 0 Å². The number of hydrogen-bond acceptors (Lipinski definition) is 1. The Morgan fingerprint density at radius 2 is 2.00 bits per heavy atom. The molecule has 1 aromatic rings. The van der Waals surface area contributed by atoms with Crippen LogP contribution in [0.1, 0.15) is 18.9 Å². The van der Waals surface area contributed by atoms with Crippen LogP contribution in [0, 0.1) is 0 Å². The van der Waals surface area contributed by atoms with Gasteiger partial charge in [-0.1, -0.05) is 46.3 Å². The average molecular weight is 243 g/mol. The van der Waals surface area contributed by atoms with Gasteiger partial charge in [-0.3, -0.25) is 0 Å². The van der Waals surface area contributed by atoms with E-state index in [-0.39, 0.29) is 0 Å². The molecule has 0 heterocycles. The maximum atomic E-state index is 5.64. The molecule has 0 aliphatic heterocycles. The maximum Gasteiger partial charge on any atom is 0.0720 e. The molecule has 0 radical (unpaired) electrons. The molecule has 1 rings (SSSR count). The summed E-state index contributed by atoms with van der Waals surface area (Å²) in [7, 11) is 0. The summed E-state index contributed by atoms with van der Waals surface area (Å²) in [4.78, 5) is 0. The quantitative estimate of drug-likeness (QED) is 0.720. The van der Waals surface area contributed by atoms with Gasteiger partial charge in [0.15, 0.2) is 0 Å². The van der Waals surface area contributed by atoms with Gasteiger partial charge >= 0.3 is 0 Å². The van der Waals surface area contributed by atoms with Crippen LogP contribution in [-0.2, 0) is 11.3 Å². The third kappa shape index (κ3) is 4.44. The Balaban J connectivity index is 2.27. The van der Waals surface area contributed by atoms with Gasteiger partial charge in [0, 0.05) is 5.33 Å². The van der Waals surface area contributed by atoms with E-state index in [2.05, 4.69) is 35.0 Å². The molecule has 0 bridgehead atoms. The van der Waals surface area contributed by atoms with Crippen molar-refractivity contribution in [2.24, 2.45) is 0 Å². The van der Waals surface area contributed by atoms with E-state index in [9.17, 15) is 0 Å². The predicted octanol–water partition coefficient (Wildman–Crippen LogP) is 3.38. The van der Waals surface area contributed by atoms with E-state index in [1.807, 2.05) is 18.2 Å². The Labute approximate surface area is 88.2 Å². The maximum absolute atomic E-state index is 5.64. The third-order valence-corrected chi connectivity index (χ3v) is 2.35. The van der Waals surface area contributed by atoms with Crippen LogP contribution in [0.5, 0.6) is 0 Å². The first-order valence-electron chi connectivity index (χ1n) is 4.54. The Kier molecular flexibility index (Phi) is 5.09. The van der Waals surface area contributed by atoms with Crippen molar-refractivity contribution in [1.82, 2.24) is 0 Å². The van der Waals surface area contributed by atoms with E-state index in [1.165, 1.54) is 5.56 Å². The topological polar surface area (TPSA) is 9.23 Å². The molecular weight excluding hydrogens is 228 g/mol. The summed E-state index contributed by atoms with van der Waals surface area (Å²) in [6.07, 6.45) is 1.40. The molecule has 0 N–H and O–H groups in total. The van der Waals surface area contributed by atoms with Gasteiger partial charge in [0.05, 0.1) is 12.7 Å². The largest absolute Gasteiger partial charge is 0.374 e. The Bertz CT molecular complexity index is 223. The molecule has 2 heteroatoms. The summed E-state index contributed by atoms with van der Waals surface area (Å²) in [5.41, 5.74) is 1.24. The molecular formula is C11H15BrO. The van der Waals surface area contributed by atoms with Gasteiger partial charge < -0.3 is 4.74 Å². The van der Waals surface area contributed by atoms with Crippen molar-refractivity contribution in [2.45, 2.75) is 26.1 Å². The fraction of sp³-hybridized carbons (Fsp3) is 0.455. The number of alkyl halides is 1. The Hall–Kier alpha value is -0.340. The van der Waals surface area contributed by atoms with Crippen molar-refractivity contribution >= 4 is 15.9 Å². The standard InChI is InChI=1S/C11H15BrO/c1-10(7-8-12)13-9-11-5-3-2-4-6-11/h2-6,10H,7-9H2,1H3/t10-/m0/s1. The summed E-state index contributed by atoms with van der Waals surface area (Å²) in [5, 5.41) is 1.00. The zero-order valence-electron chi connectivity index (χ0n) is 7.87. The zero-order chi connectivity index (χ0) is 9.52. The van der Waals surface area contributed by atoms with E-state index in [0.29, 0.717) is 6.10 Å². The fourth-order valence-electron chi connectivity index (χ4n) is 1.05. The zero-order valence-corrected chi connectivity index (χ0v) is 9.46. The molecule has 0 saturated carbocycles. The second kappa shape index (κ2) is 6.17. The summed E-state index contributed by atoms with van der Waals surface area (Å²) in [6, 6.07) is 10.3. The molecule has 1 aromatic carbocycles. The highest BCUT2D eigenvalue weighted by Crippen LogP contribution is 2.06. The van der Waals surface area contributed by atoms with Crippen LogP contribution in [0.2, 0.25) is 0 Å². The predicted molar refractivity (Wildman–Crippen MR) is 59.1 cm³/mol. The van der Waals surface area contributed by atoms with Crippen LogP contribution < -0.4 is 0 Å². The Morgan fingerprint density at radius 1 is 1.31 bits per heavy atom. The van der Waals surface area contributed by atoms with E-state index in [4.69, 9.17) is 4.74 Å². The normalized spacial score (nSPS) is 12.8. The van der Waals surface area contributed by atoms with Crippen LogP contribution in [-0.4, -0.2) is 11.4 Å². The van der Waals surface area contributed by atoms with E-state index in [0.717, 1.165) is 18.4 Å². The molecule has 0 saturated heterocycles. The van der Waals surface area contributed by atoms with Gasteiger partial charge in [-0.2, -0.15) is 0 Å². The summed E-state index contributed by atoms with van der Waals surface area (Å²) in [5.74, 6) is 0. The lowest BCUT2D eigenvalue weighted by Crippen LogP contribution is -2.08. The lowest BCUT2D eigenvalue weighted by molar-refractivity contribution is 0.0518. The number of benzene rings is 1. The second-order valence-electron chi connectivity index (χ2n) is 3.08. The van der Waals surface area contributed by atoms with Gasteiger partial charge in [0.2, 0.25) is 0 Å². The first kappa shape index (κ1) is 10.7. The molecule has 0 unspecified atom stereocenters. The summed E-state index contributed by atoms with van der Waals surface area (Å²) < 4.78 is 5.64. The van der Waals surface area contributed by atoms with E-state index in [1.54, 1.807) is 0 Å². The highest BCUT2D eigenvalue weighted by Gasteiger charge is 2.00. The SMILES string of the molecule is C[C@@H](CCBr)OCc1ccccc1. The molecule has 0 aromatic heterocycles. The molecule has 0 aliphatic rings. The molecule has 0 aliphatic carbocycles. The first-order valence-corrected chi connectivity index (χ1v) is 5.66. The molecule has 0 fully saturated rings. The monoisotopic (exact) mass is 242 g/mol. The van der Waals surface area contributed by atoms with Crippen LogP contribution in [0.25, 0.3) is 0 Å². The number of hydrogen-bond donors (Lipinski definition) is 0. The van der Waals surface area contributed by atoms with Gasteiger partial charge in [0.1, 0.15) is 0 Å². The molecule has 1 atom stereocenters. The van der Waals surface area contributed by atoms with Crippen LogP contribution in [0.15, 0.2) is 30.3 Å². The summed E-state index contributed by atoms with van der Waals surface area (Å²) >= 11 is 3.40. The van der Waals surface area contributed by atoms with Gasteiger partial charge in [-0.25, -0.2) is 0 Å². The van der Waals surface area contributed by atoms with Gasteiger partial charge in [0.25, 0.3) is 0 Å². The van der Waals surface area contributed by atoms with Crippen molar-refractivity contribution in [3.05, 3.63) is 35.9 Å². The third-order valence-electron chi connectivity index (χ3n) is 1.89. The molecule has 1 nitrogen and oxygen atoms in total. The molecule has 0 spiro atoms. The molecule has 0 amide bonds. The van der Waals surface area contributed by atoms with Gasteiger partial charge in [-0.05, 0) is 18.9 Å². The molecule has 13 heavy (non-hydrogen) atoms. The molecule has 72 valence electrons. The van der Waals surface area contributed by atoms with Crippen molar-refractivity contribution in [3.63, 3.8) is 0 Å². The van der Waals surface area contributed by atoms with Gasteiger partial charge in [-0.15, -0.1) is 0 Å². The number of ether oxygens (including phenoxy) is 1. The average Bonchev–Trinajstić information content (AvgIpc) is 2.17. The lowest BCUT2D eigenvalue weighted by atomic mass is 10.2. The van der Waals surface area contributed by atoms with E-state index < -0.39 is 0 Å². The number of halogens is 1. The fourth-order valence-corrected chi connectivity index (χ4v) is 1.69. The lowest BCUT2D eigenvalue weighted by Gasteiger charge is -2.11. The smallest absolute Gasteiger partial charge is 0.0720 e. The van der Waals surface area contributed by atoms with Crippen molar-refractivity contribution in [1.29, 1.82) is 0 Å². The minimum atomic E-state index is 0.333. The second-order valence-corrected chi connectivity index (χ2v) is 3.88. The van der Waals surface area contributed by atoms with Crippen LogP contribution >= 0.6 is 15.9 Å². The minimum absolute atomic E-state index is 0.333. The minimum Gasteiger partial charge on any atom is -0.374 e. The Morgan fingerprint density at radius 3 is 2.62 bits per heavy atom. The van der Waals surface area contributed by atoms with Crippen molar-refractivity contribution < 1.29 is 4.74 Å². The summed E-state index contributed by atoms with van der Waals surface area (Å²) in [6.45, 7) is 2.82. The van der Waals surface area contributed by atoms with Crippen molar-refractivity contribution in [3.8, 4) is 0 Å². The van der Waals surface area contributed by atoms with E-state index >= 15 is 0 Å². The highest BCUT2D eigenvalue weighted by atomic mass is 79.9. The van der Waals surface area contributed by atoms with Crippen LogP contribution in [0.4, 0.5) is 0 Å². The number of rotatable bonds is 5.